The van der Waals surface area contributed by atoms with Crippen LogP contribution in [0.5, 0.6) is 0 Å². The van der Waals surface area contributed by atoms with E-state index in [0.717, 1.165) is 12.8 Å². The number of hydrogen-bond acceptors (Lipinski definition) is 1. The van der Waals surface area contributed by atoms with Crippen LogP contribution in [-0.4, -0.2) is 10.6 Å². The lowest BCUT2D eigenvalue weighted by atomic mass is 9.88. The van der Waals surface area contributed by atoms with E-state index in [1.165, 1.54) is 51.4 Å². The van der Waals surface area contributed by atoms with Crippen LogP contribution in [0, 0.1) is 5.92 Å². The first-order valence-corrected chi connectivity index (χ1v) is 7.84. The lowest BCUT2D eigenvalue weighted by molar-refractivity contribution is -0.119. The minimum Gasteiger partial charge on any atom is -0.298 e. The number of unbranched alkanes of at least 4 members (excludes halogenated alkanes) is 1. The van der Waals surface area contributed by atoms with E-state index in [-0.39, 0.29) is 4.83 Å². The quantitative estimate of drug-likeness (QED) is 0.677. The fraction of sp³-hybridized carbons (Fsp3) is 0.929. The van der Waals surface area contributed by atoms with E-state index in [1.807, 2.05) is 0 Å². The lowest BCUT2D eigenvalue weighted by Crippen LogP contribution is -2.24. The van der Waals surface area contributed by atoms with Crippen molar-refractivity contribution in [3.05, 3.63) is 0 Å². The summed E-state index contributed by atoms with van der Waals surface area (Å²) >= 11 is 3.65. The van der Waals surface area contributed by atoms with Crippen LogP contribution in [0.3, 0.4) is 0 Å². The number of carbonyl (C=O) groups is 1. The number of halogens is 1. The third-order valence-electron chi connectivity index (χ3n) is 3.65. The van der Waals surface area contributed by atoms with Gasteiger partial charge in [0.25, 0.3) is 0 Å². The Hall–Kier alpha value is 0.150. The summed E-state index contributed by atoms with van der Waals surface area (Å²) in [4.78, 5) is 12.1. The van der Waals surface area contributed by atoms with Crippen molar-refractivity contribution < 1.29 is 4.79 Å². The van der Waals surface area contributed by atoms with E-state index < -0.39 is 0 Å². The minimum atomic E-state index is 0.136. The molecule has 1 nitrogen and oxygen atoms in total. The SMILES string of the molecule is CCCCC1CCCCCCCC(=O)C1Br. The van der Waals surface area contributed by atoms with Crippen molar-refractivity contribution in [3.63, 3.8) is 0 Å². The molecule has 0 aromatic heterocycles. The van der Waals surface area contributed by atoms with Crippen molar-refractivity contribution in [2.45, 2.75) is 76.0 Å². The maximum atomic E-state index is 12.0. The fourth-order valence-corrected chi connectivity index (χ4v) is 3.30. The van der Waals surface area contributed by atoms with Gasteiger partial charge < -0.3 is 0 Å². The molecule has 0 N–H and O–H groups in total. The molecular formula is C14H25BrO. The van der Waals surface area contributed by atoms with Crippen molar-refractivity contribution in [1.82, 2.24) is 0 Å². The first kappa shape index (κ1) is 14.2. The number of carbonyl (C=O) groups excluding carboxylic acids is 1. The van der Waals surface area contributed by atoms with Crippen LogP contribution in [0.1, 0.15) is 71.1 Å². The molecular weight excluding hydrogens is 264 g/mol. The van der Waals surface area contributed by atoms with Gasteiger partial charge >= 0.3 is 0 Å². The van der Waals surface area contributed by atoms with Gasteiger partial charge in [-0.15, -0.1) is 0 Å². The van der Waals surface area contributed by atoms with Gasteiger partial charge in [-0.3, -0.25) is 4.79 Å². The molecule has 0 aromatic rings. The van der Waals surface area contributed by atoms with Crippen LogP contribution in [0.15, 0.2) is 0 Å². The molecule has 1 aliphatic rings. The van der Waals surface area contributed by atoms with Crippen LogP contribution < -0.4 is 0 Å². The highest BCUT2D eigenvalue weighted by molar-refractivity contribution is 9.10. The number of rotatable bonds is 3. The average Bonchev–Trinajstić information content (AvgIpc) is 2.30. The molecule has 0 heterocycles. The number of hydrogen-bond donors (Lipinski definition) is 0. The van der Waals surface area contributed by atoms with Gasteiger partial charge in [0.2, 0.25) is 0 Å². The van der Waals surface area contributed by atoms with Gasteiger partial charge in [0, 0.05) is 6.42 Å². The zero-order valence-electron chi connectivity index (χ0n) is 10.5. The smallest absolute Gasteiger partial charge is 0.146 e. The molecule has 0 aromatic carbocycles. The summed E-state index contributed by atoms with van der Waals surface area (Å²) < 4.78 is 0. The van der Waals surface area contributed by atoms with Gasteiger partial charge in [-0.2, -0.15) is 0 Å². The second-order valence-electron chi connectivity index (χ2n) is 5.08. The molecule has 94 valence electrons. The molecule has 2 atom stereocenters. The Labute approximate surface area is 109 Å². The monoisotopic (exact) mass is 288 g/mol. The van der Waals surface area contributed by atoms with Crippen molar-refractivity contribution in [2.75, 3.05) is 0 Å². The van der Waals surface area contributed by atoms with Gasteiger partial charge in [0.1, 0.15) is 5.78 Å². The number of Topliss-reactive ketones (excluding diaryl/α,β-unsaturated/α-hetero) is 1. The van der Waals surface area contributed by atoms with Crippen molar-refractivity contribution in [1.29, 1.82) is 0 Å². The summed E-state index contributed by atoms with van der Waals surface area (Å²) in [6.07, 6.45) is 12.1. The highest BCUT2D eigenvalue weighted by Gasteiger charge is 2.24. The summed E-state index contributed by atoms with van der Waals surface area (Å²) in [5, 5.41) is 0. The second kappa shape index (κ2) is 8.27. The Morgan fingerprint density at radius 3 is 2.62 bits per heavy atom. The van der Waals surface area contributed by atoms with E-state index in [4.69, 9.17) is 0 Å². The Balaban J connectivity index is 2.49. The van der Waals surface area contributed by atoms with E-state index >= 15 is 0 Å². The lowest BCUT2D eigenvalue weighted by Gasteiger charge is -2.22. The first-order chi connectivity index (χ1) is 7.75. The summed E-state index contributed by atoms with van der Waals surface area (Å²) in [7, 11) is 0. The Morgan fingerprint density at radius 1 is 1.19 bits per heavy atom. The van der Waals surface area contributed by atoms with Gasteiger partial charge in [-0.25, -0.2) is 0 Å². The maximum Gasteiger partial charge on any atom is 0.146 e. The predicted octanol–water partition coefficient (Wildman–Crippen LogP) is 4.87. The summed E-state index contributed by atoms with van der Waals surface area (Å²) in [5.74, 6) is 1.04. The minimum absolute atomic E-state index is 0.136. The molecule has 0 saturated heterocycles. The summed E-state index contributed by atoms with van der Waals surface area (Å²) in [6.45, 7) is 2.23. The van der Waals surface area contributed by atoms with E-state index in [2.05, 4.69) is 22.9 Å². The van der Waals surface area contributed by atoms with Crippen LogP contribution in [0.25, 0.3) is 0 Å². The van der Waals surface area contributed by atoms with E-state index in [1.54, 1.807) is 0 Å². The largest absolute Gasteiger partial charge is 0.298 e. The molecule has 16 heavy (non-hydrogen) atoms. The zero-order valence-corrected chi connectivity index (χ0v) is 12.1. The van der Waals surface area contributed by atoms with Gasteiger partial charge in [0.15, 0.2) is 0 Å². The van der Waals surface area contributed by atoms with Gasteiger partial charge in [-0.1, -0.05) is 61.4 Å². The fourth-order valence-electron chi connectivity index (χ4n) is 2.54. The highest BCUT2D eigenvalue weighted by Crippen LogP contribution is 2.28. The topological polar surface area (TPSA) is 17.1 Å². The molecule has 0 amide bonds. The molecule has 1 rings (SSSR count). The molecule has 2 unspecified atom stereocenters. The molecule has 0 radical (unpaired) electrons. The standard InChI is InChI=1S/C14H25BrO/c1-2-3-9-12-10-7-5-4-6-8-11-13(16)14(12)15/h12,14H,2-11H2,1H3. The van der Waals surface area contributed by atoms with Crippen molar-refractivity contribution >= 4 is 21.7 Å². The zero-order chi connectivity index (χ0) is 11.8. The van der Waals surface area contributed by atoms with Crippen LogP contribution >= 0.6 is 15.9 Å². The third-order valence-corrected chi connectivity index (χ3v) is 4.91. The van der Waals surface area contributed by atoms with Crippen molar-refractivity contribution in [3.8, 4) is 0 Å². The predicted molar refractivity (Wildman–Crippen MR) is 73.1 cm³/mol. The molecule has 1 saturated carbocycles. The second-order valence-corrected chi connectivity index (χ2v) is 6.06. The third kappa shape index (κ3) is 4.99. The maximum absolute atomic E-state index is 12.0. The molecule has 1 aliphatic carbocycles. The van der Waals surface area contributed by atoms with Gasteiger partial charge in [0.05, 0.1) is 4.83 Å². The Kier molecular flexibility index (Phi) is 7.35. The highest BCUT2D eigenvalue weighted by atomic mass is 79.9. The molecule has 2 heteroatoms. The Bertz CT molecular complexity index is 203. The van der Waals surface area contributed by atoms with E-state index in [0.29, 0.717) is 11.7 Å². The van der Waals surface area contributed by atoms with Crippen LogP contribution in [0.4, 0.5) is 0 Å². The molecule has 0 aliphatic heterocycles. The van der Waals surface area contributed by atoms with Crippen LogP contribution in [0.2, 0.25) is 0 Å². The number of ketones is 1. The Morgan fingerprint density at radius 2 is 1.88 bits per heavy atom. The van der Waals surface area contributed by atoms with Crippen LogP contribution in [-0.2, 0) is 4.79 Å². The molecule has 1 fully saturated rings. The molecule has 0 bridgehead atoms. The first-order valence-electron chi connectivity index (χ1n) is 6.92. The summed E-state index contributed by atoms with van der Waals surface area (Å²) in [6, 6.07) is 0. The van der Waals surface area contributed by atoms with Gasteiger partial charge in [-0.05, 0) is 25.2 Å². The van der Waals surface area contributed by atoms with Crippen molar-refractivity contribution in [2.24, 2.45) is 5.92 Å². The normalized spacial score (nSPS) is 29.0. The molecule has 0 spiro atoms. The number of alkyl halides is 1. The van der Waals surface area contributed by atoms with E-state index in [9.17, 15) is 4.79 Å². The average molecular weight is 289 g/mol. The summed E-state index contributed by atoms with van der Waals surface area (Å²) in [5.41, 5.74) is 0.